The van der Waals surface area contributed by atoms with Gasteiger partial charge in [-0.05, 0) is 35.7 Å². The van der Waals surface area contributed by atoms with E-state index in [1.54, 1.807) is 6.07 Å². The second-order valence-electron chi connectivity index (χ2n) is 4.24. The number of aryl methyl sites for hydroxylation is 1. The maximum Gasteiger partial charge on any atom is 0.128 e. The highest BCUT2D eigenvalue weighted by Gasteiger charge is 2.14. The quantitative estimate of drug-likeness (QED) is 0.887. The lowest BCUT2D eigenvalue weighted by Crippen LogP contribution is -2.13. The van der Waals surface area contributed by atoms with Crippen molar-refractivity contribution in [2.24, 2.45) is 5.73 Å². The van der Waals surface area contributed by atoms with Crippen molar-refractivity contribution in [2.75, 3.05) is 0 Å². The van der Waals surface area contributed by atoms with Gasteiger partial charge in [-0.15, -0.1) is 0 Å². The van der Waals surface area contributed by atoms with Gasteiger partial charge in [0.15, 0.2) is 0 Å². The third kappa shape index (κ3) is 2.71. The summed E-state index contributed by atoms with van der Waals surface area (Å²) in [5, 5.41) is 0.494. The summed E-state index contributed by atoms with van der Waals surface area (Å²) in [6, 6.07) is 11.8. The molecule has 0 amide bonds. The molecule has 0 saturated carbocycles. The van der Waals surface area contributed by atoms with Gasteiger partial charge in [-0.1, -0.05) is 42.8 Å². The van der Waals surface area contributed by atoms with Crippen molar-refractivity contribution in [1.82, 2.24) is 0 Å². The van der Waals surface area contributed by atoms with E-state index in [0.717, 1.165) is 12.0 Å². The van der Waals surface area contributed by atoms with E-state index in [1.807, 2.05) is 24.3 Å². The first-order valence-electron chi connectivity index (χ1n) is 5.91. The molecule has 18 heavy (non-hydrogen) atoms. The smallest absolute Gasteiger partial charge is 0.128 e. The molecule has 0 aliphatic heterocycles. The number of rotatable bonds is 3. The highest BCUT2D eigenvalue weighted by atomic mass is 35.5. The molecule has 0 saturated heterocycles. The average Bonchev–Trinajstić information content (AvgIpc) is 2.41. The minimum Gasteiger partial charge on any atom is -0.320 e. The zero-order chi connectivity index (χ0) is 13.1. The van der Waals surface area contributed by atoms with Gasteiger partial charge in [-0.3, -0.25) is 0 Å². The van der Waals surface area contributed by atoms with Crippen LogP contribution < -0.4 is 5.73 Å². The first kappa shape index (κ1) is 13.1. The van der Waals surface area contributed by atoms with Gasteiger partial charge in [0.05, 0.1) is 6.04 Å². The van der Waals surface area contributed by atoms with Crippen molar-refractivity contribution < 1.29 is 4.39 Å². The maximum atomic E-state index is 13.7. The van der Waals surface area contributed by atoms with Gasteiger partial charge in [0, 0.05) is 10.6 Å². The molecule has 1 unspecified atom stereocenters. The molecule has 3 heteroatoms. The lowest BCUT2D eigenvalue weighted by Gasteiger charge is -2.14. The topological polar surface area (TPSA) is 26.0 Å². The summed E-state index contributed by atoms with van der Waals surface area (Å²) in [5.41, 5.74) is 8.62. The van der Waals surface area contributed by atoms with Crippen LogP contribution in [0.1, 0.15) is 29.7 Å². The molecule has 1 atom stereocenters. The Morgan fingerprint density at radius 3 is 2.72 bits per heavy atom. The molecule has 0 fully saturated rings. The predicted molar refractivity (Wildman–Crippen MR) is 73.3 cm³/mol. The summed E-state index contributed by atoms with van der Waals surface area (Å²) >= 11 is 5.88. The molecule has 2 rings (SSSR count). The Labute approximate surface area is 111 Å². The molecule has 2 aromatic rings. The van der Waals surface area contributed by atoms with Gasteiger partial charge in [0.2, 0.25) is 0 Å². The molecular weight excluding hydrogens is 249 g/mol. The zero-order valence-corrected chi connectivity index (χ0v) is 10.9. The van der Waals surface area contributed by atoms with Gasteiger partial charge >= 0.3 is 0 Å². The van der Waals surface area contributed by atoms with Crippen LogP contribution in [0.15, 0.2) is 42.5 Å². The second kappa shape index (κ2) is 5.51. The fourth-order valence-electron chi connectivity index (χ4n) is 1.94. The predicted octanol–water partition coefficient (Wildman–Crippen LogP) is 4.09. The van der Waals surface area contributed by atoms with Crippen molar-refractivity contribution in [3.8, 4) is 0 Å². The number of benzene rings is 2. The highest BCUT2D eigenvalue weighted by Crippen LogP contribution is 2.25. The van der Waals surface area contributed by atoms with E-state index in [2.05, 4.69) is 6.92 Å². The van der Waals surface area contributed by atoms with Crippen LogP contribution in [0, 0.1) is 5.82 Å². The van der Waals surface area contributed by atoms with E-state index in [4.69, 9.17) is 17.3 Å². The number of nitrogens with two attached hydrogens (primary N) is 1. The fourth-order valence-corrected chi connectivity index (χ4v) is 2.12. The number of hydrogen-bond donors (Lipinski definition) is 1. The van der Waals surface area contributed by atoms with E-state index in [1.165, 1.54) is 17.7 Å². The first-order valence-corrected chi connectivity index (χ1v) is 6.29. The Bertz CT molecular complexity index is 554. The van der Waals surface area contributed by atoms with Gasteiger partial charge in [0.25, 0.3) is 0 Å². The largest absolute Gasteiger partial charge is 0.320 e. The van der Waals surface area contributed by atoms with Gasteiger partial charge in [0.1, 0.15) is 5.82 Å². The SMILES string of the molecule is CCc1cccc(C(N)c2cc(Cl)ccc2F)c1. The molecule has 0 radical (unpaired) electrons. The van der Waals surface area contributed by atoms with Gasteiger partial charge in [-0.2, -0.15) is 0 Å². The van der Waals surface area contributed by atoms with Crippen LogP contribution in [-0.2, 0) is 6.42 Å². The third-order valence-electron chi connectivity index (χ3n) is 3.01. The molecule has 0 heterocycles. The van der Waals surface area contributed by atoms with Crippen LogP contribution in [0.5, 0.6) is 0 Å². The van der Waals surface area contributed by atoms with Crippen molar-refractivity contribution in [3.05, 3.63) is 70.0 Å². The number of hydrogen-bond acceptors (Lipinski definition) is 1. The second-order valence-corrected chi connectivity index (χ2v) is 4.68. The third-order valence-corrected chi connectivity index (χ3v) is 3.25. The van der Waals surface area contributed by atoms with Gasteiger partial charge in [-0.25, -0.2) is 4.39 Å². The van der Waals surface area contributed by atoms with E-state index >= 15 is 0 Å². The Morgan fingerprint density at radius 2 is 2.00 bits per heavy atom. The van der Waals surface area contributed by atoms with Crippen LogP contribution in [-0.4, -0.2) is 0 Å². The molecule has 1 nitrogen and oxygen atoms in total. The van der Waals surface area contributed by atoms with Crippen molar-refractivity contribution >= 4 is 11.6 Å². The molecule has 0 bridgehead atoms. The molecule has 2 N–H and O–H groups in total. The minimum atomic E-state index is -0.491. The average molecular weight is 264 g/mol. The molecular formula is C15H15ClFN. The standard InChI is InChI=1S/C15H15ClFN/c1-2-10-4-3-5-11(8-10)15(18)13-9-12(16)6-7-14(13)17/h3-9,15H,2,18H2,1H3. The zero-order valence-electron chi connectivity index (χ0n) is 10.2. The summed E-state index contributed by atoms with van der Waals surface area (Å²) in [6.45, 7) is 2.07. The minimum absolute atomic E-state index is 0.325. The normalized spacial score (nSPS) is 12.4. The van der Waals surface area contributed by atoms with E-state index in [9.17, 15) is 4.39 Å². The van der Waals surface area contributed by atoms with Crippen LogP contribution in [0.4, 0.5) is 4.39 Å². The summed E-state index contributed by atoms with van der Waals surface area (Å²) in [6.07, 6.45) is 0.929. The molecule has 94 valence electrons. The van der Waals surface area contributed by atoms with Crippen LogP contribution in [0.2, 0.25) is 5.02 Å². The van der Waals surface area contributed by atoms with Crippen LogP contribution >= 0.6 is 11.6 Å². The number of halogens is 2. The van der Waals surface area contributed by atoms with Crippen molar-refractivity contribution in [1.29, 1.82) is 0 Å². The molecule has 2 aromatic carbocycles. The van der Waals surface area contributed by atoms with E-state index < -0.39 is 6.04 Å². The molecule has 0 spiro atoms. The fraction of sp³-hybridized carbons (Fsp3) is 0.200. The summed E-state index contributed by atoms with van der Waals surface area (Å²) in [4.78, 5) is 0. The molecule has 0 aliphatic carbocycles. The van der Waals surface area contributed by atoms with E-state index in [-0.39, 0.29) is 5.82 Å². The molecule has 0 aliphatic rings. The van der Waals surface area contributed by atoms with E-state index in [0.29, 0.717) is 10.6 Å². The molecule has 0 aromatic heterocycles. The van der Waals surface area contributed by atoms with Crippen LogP contribution in [0.3, 0.4) is 0 Å². The summed E-state index contributed by atoms with van der Waals surface area (Å²) in [7, 11) is 0. The van der Waals surface area contributed by atoms with Gasteiger partial charge < -0.3 is 5.73 Å². The Balaban J connectivity index is 2.40. The Morgan fingerprint density at radius 1 is 1.22 bits per heavy atom. The maximum absolute atomic E-state index is 13.7. The lowest BCUT2D eigenvalue weighted by molar-refractivity contribution is 0.599. The summed E-state index contributed by atoms with van der Waals surface area (Å²) in [5.74, 6) is -0.325. The lowest BCUT2D eigenvalue weighted by atomic mass is 9.97. The summed E-state index contributed by atoms with van der Waals surface area (Å²) < 4.78 is 13.7. The Kier molecular flexibility index (Phi) is 4.00. The monoisotopic (exact) mass is 263 g/mol. The van der Waals surface area contributed by atoms with Crippen molar-refractivity contribution in [3.63, 3.8) is 0 Å². The Hall–Kier alpha value is -1.38. The first-order chi connectivity index (χ1) is 8.61. The highest BCUT2D eigenvalue weighted by molar-refractivity contribution is 6.30. The van der Waals surface area contributed by atoms with Crippen molar-refractivity contribution in [2.45, 2.75) is 19.4 Å². The van der Waals surface area contributed by atoms with Crippen LogP contribution in [0.25, 0.3) is 0 Å².